The number of hydrogen-bond acceptors (Lipinski definition) is 5. The molecule has 0 aliphatic rings. The molecule has 25 heavy (non-hydrogen) atoms. The number of aromatic nitrogens is 2. The monoisotopic (exact) mass is 352 g/mol. The number of para-hydroxylation sites is 2. The zero-order valence-corrected chi connectivity index (χ0v) is 15.2. The van der Waals surface area contributed by atoms with Gasteiger partial charge in [-0.1, -0.05) is 42.1 Å². The number of carbonyl (C=O) groups excluding carboxylic acids is 1. The maximum Gasteiger partial charge on any atom is 0.235 e. The smallest absolute Gasteiger partial charge is 0.235 e. The first-order valence-electron chi connectivity index (χ1n) is 8.01. The number of thioether (sulfide) groups is 1. The van der Waals surface area contributed by atoms with Crippen molar-refractivity contribution >= 4 is 40.1 Å². The summed E-state index contributed by atoms with van der Waals surface area (Å²) in [5.41, 5.74) is 1.81. The third kappa shape index (κ3) is 4.09. The Labute approximate surface area is 151 Å². The number of benzene rings is 2. The number of rotatable bonds is 5. The molecule has 0 radical (unpaired) electrons. The Morgan fingerprint density at radius 1 is 1.04 bits per heavy atom. The van der Waals surface area contributed by atoms with Crippen LogP contribution in [0.3, 0.4) is 0 Å². The third-order valence-electron chi connectivity index (χ3n) is 3.69. The highest BCUT2D eigenvalue weighted by molar-refractivity contribution is 8.00. The van der Waals surface area contributed by atoms with Gasteiger partial charge < -0.3 is 10.2 Å². The van der Waals surface area contributed by atoms with E-state index in [9.17, 15) is 4.79 Å². The molecule has 0 saturated carbocycles. The molecule has 0 spiro atoms. The van der Waals surface area contributed by atoms with E-state index < -0.39 is 0 Å². The maximum absolute atomic E-state index is 12.1. The lowest BCUT2D eigenvalue weighted by Gasteiger charge is -2.16. The molecule has 1 heterocycles. The lowest BCUT2D eigenvalue weighted by Crippen LogP contribution is -2.29. The quantitative estimate of drug-likeness (QED) is 0.557. The predicted octanol–water partition coefficient (Wildman–Crippen LogP) is 3.94. The van der Waals surface area contributed by atoms with Gasteiger partial charge in [-0.25, -0.2) is 9.97 Å². The number of carbonyl (C=O) groups is 1. The summed E-state index contributed by atoms with van der Waals surface area (Å²) in [7, 11) is 3.51. The zero-order chi connectivity index (χ0) is 17.8. The molecule has 3 rings (SSSR count). The van der Waals surface area contributed by atoms with Crippen molar-refractivity contribution in [1.29, 1.82) is 0 Å². The lowest BCUT2D eigenvalue weighted by atomic mass is 10.2. The van der Waals surface area contributed by atoms with Crippen molar-refractivity contribution in [3.63, 3.8) is 0 Å². The number of amides is 1. The van der Waals surface area contributed by atoms with Gasteiger partial charge in [0.05, 0.1) is 10.8 Å². The van der Waals surface area contributed by atoms with Crippen LogP contribution in [0.1, 0.15) is 6.92 Å². The topological polar surface area (TPSA) is 58.1 Å². The molecule has 0 saturated heterocycles. The minimum atomic E-state index is -0.249. The van der Waals surface area contributed by atoms with Crippen LogP contribution in [0.2, 0.25) is 0 Å². The van der Waals surface area contributed by atoms with Crippen LogP contribution in [0.15, 0.2) is 59.8 Å². The molecule has 1 amide bonds. The highest BCUT2D eigenvalue weighted by atomic mass is 32.2. The molecule has 2 aromatic carbocycles. The molecular formula is C19H20N4OS. The first-order chi connectivity index (χ1) is 12.0. The van der Waals surface area contributed by atoms with Gasteiger partial charge in [-0.2, -0.15) is 0 Å². The molecule has 0 bridgehead atoms. The lowest BCUT2D eigenvalue weighted by molar-refractivity contribution is -0.127. The number of nitrogens with zero attached hydrogens (tertiary/aromatic N) is 3. The molecule has 0 aliphatic carbocycles. The molecule has 3 aromatic rings. The Hall–Kier alpha value is -2.60. The van der Waals surface area contributed by atoms with E-state index in [-0.39, 0.29) is 11.2 Å². The van der Waals surface area contributed by atoms with Crippen molar-refractivity contribution in [3.05, 3.63) is 54.6 Å². The summed E-state index contributed by atoms with van der Waals surface area (Å²) in [6.45, 7) is 1.87. The van der Waals surface area contributed by atoms with Crippen LogP contribution in [-0.2, 0) is 4.79 Å². The Morgan fingerprint density at radius 3 is 2.44 bits per heavy atom. The van der Waals surface area contributed by atoms with Gasteiger partial charge in [0.2, 0.25) is 5.91 Å². The number of fused-ring (bicyclic) bond motifs is 1. The van der Waals surface area contributed by atoms with Crippen LogP contribution in [0.25, 0.3) is 10.9 Å². The normalized spacial score (nSPS) is 12.0. The van der Waals surface area contributed by atoms with Crippen LogP contribution in [-0.4, -0.2) is 40.1 Å². The molecule has 1 aromatic heterocycles. The molecule has 1 N–H and O–H groups in total. The molecule has 5 nitrogen and oxygen atoms in total. The summed E-state index contributed by atoms with van der Waals surface area (Å²) in [6, 6.07) is 17.7. The van der Waals surface area contributed by atoms with Gasteiger partial charge in [-0.3, -0.25) is 4.79 Å². The van der Waals surface area contributed by atoms with Crippen LogP contribution in [0.4, 0.5) is 11.5 Å². The Kier molecular flexibility index (Phi) is 5.19. The largest absolute Gasteiger partial charge is 0.348 e. The summed E-state index contributed by atoms with van der Waals surface area (Å²) in [5.74, 6) is 0.781. The van der Waals surface area contributed by atoms with Gasteiger partial charge in [0, 0.05) is 25.2 Å². The third-order valence-corrected chi connectivity index (χ3v) is 4.64. The SMILES string of the molecule is C[C@@H](Sc1nc(Nc2ccccc2)c2ccccc2n1)C(=O)N(C)C. The summed E-state index contributed by atoms with van der Waals surface area (Å²) in [6.07, 6.45) is 0. The second-order valence-electron chi connectivity index (χ2n) is 5.86. The average molecular weight is 352 g/mol. The van der Waals surface area contributed by atoms with Crippen molar-refractivity contribution < 1.29 is 4.79 Å². The first-order valence-corrected chi connectivity index (χ1v) is 8.89. The van der Waals surface area contributed by atoms with Crippen LogP contribution < -0.4 is 5.32 Å². The number of nitrogens with one attached hydrogen (secondary N) is 1. The second kappa shape index (κ2) is 7.53. The van der Waals surface area contributed by atoms with Gasteiger partial charge >= 0.3 is 0 Å². The molecular weight excluding hydrogens is 332 g/mol. The fraction of sp³-hybridized carbons (Fsp3) is 0.211. The van der Waals surface area contributed by atoms with Crippen molar-refractivity contribution in [2.75, 3.05) is 19.4 Å². The molecule has 128 valence electrons. The second-order valence-corrected chi connectivity index (χ2v) is 7.16. The molecule has 0 fully saturated rings. The van der Waals surface area contributed by atoms with Crippen LogP contribution in [0, 0.1) is 0 Å². The van der Waals surface area contributed by atoms with Gasteiger partial charge in [-0.15, -0.1) is 0 Å². The van der Waals surface area contributed by atoms with E-state index in [2.05, 4.69) is 15.3 Å². The fourth-order valence-electron chi connectivity index (χ4n) is 2.43. The highest BCUT2D eigenvalue weighted by Gasteiger charge is 2.19. The van der Waals surface area contributed by atoms with Crippen molar-refractivity contribution in [3.8, 4) is 0 Å². The van der Waals surface area contributed by atoms with E-state index in [0.717, 1.165) is 22.4 Å². The average Bonchev–Trinajstić information content (AvgIpc) is 2.61. The van der Waals surface area contributed by atoms with Crippen molar-refractivity contribution in [1.82, 2.24) is 14.9 Å². The predicted molar refractivity (Wildman–Crippen MR) is 103 cm³/mol. The van der Waals surface area contributed by atoms with E-state index in [1.54, 1.807) is 19.0 Å². The summed E-state index contributed by atoms with van der Waals surface area (Å²) in [5, 5.41) is 4.63. The minimum Gasteiger partial charge on any atom is -0.348 e. The first kappa shape index (κ1) is 17.2. The van der Waals surface area contributed by atoms with Gasteiger partial charge in [-0.05, 0) is 31.2 Å². The van der Waals surface area contributed by atoms with Gasteiger partial charge in [0.25, 0.3) is 0 Å². The van der Waals surface area contributed by atoms with Gasteiger partial charge in [0.1, 0.15) is 5.82 Å². The van der Waals surface area contributed by atoms with Crippen LogP contribution >= 0.6 is 11.8 Å². The highest BCUT2D eigenvalue weighted by Crippen LogP contribution is 2.28. The van der Waals surface area contributed by atoms with Crippen molar-refractivity contribution in [2.45, 2.75) is 17.3 Å². The standard InChI is InChI=1S/C19H20N4OS/c1-13(18(24)23(2)3)25-19-21-16-12-8-7-11-15(16)17(22-19)20-14-9-5-4-6-10-14/h4-13H,1-3H3,(H,20,21,22)/t13-/m1/s1. The number of hydrogen-bond donors (Lipinski definition) is 1. The van der Waals surface area contributed by atoms with Crippen LogP contribution in [0.5, 0.6) is 0 Å². The molecule has 6 heteroatoms. The minimum absolute atomic E-state index is 0.0410. The van der Waals surface area contributed by atoms with Gasteiger partial charge in [0.15, 0.2) is 5.16 Å². The van der Waals surface area contributed by atoms with Crippen molar-refractivity contribution in [2.24, 2.45) is 0 Å². The Balaban J connectivity index is 1.96. The molecule has 0 aliphatic heterocycles. The Morgan fingerprint density at radius 2 is 1.72 bits per heavy atom. The summed E-state index contributed by atoms with van der Waals surface area (Å²) >= 11 is 1.37. The van der Waals surface area contributed by atoms with E-state index in [1.165, 1.54) is 11.8 Å². The maximum atomic E-state index is 12.1. The summed E-state index contributed by atoms with van der Waals surface area (Å²) < 4.78 is 0. The fourth-order valence-corrected chi connectivity index (χ4v) is 3.36. The number of anilines is 2. The molecule has 1 atom stereocenters. The zero-order valence-electron chi connectivity index (χ0n) is 14.4. The van der Waals surface area contributed by atoms with E-state index in [4.69, 9.17) is 0 Å². The Bertz CT molecular complexity index is 883. The van der Waals surface area contributed by atoms with E-state index >= 15 is 0 Å². The summed E-state index contributed by atoms with van der Waals surface area (Å²) in [4.78, 5) is 23.0. The van der Waals surface area contributed by atoms with E-state index in [1.807, 2.05) is 61.5 Å². The van der Waals surface area contributed by atoms with E-state index in [0.29, 0.717) is 5.16 Å². The molecule has 0 unspecified atom stereocenters.